The first-order chi connectivity index (χ1) is 12.1. The lowest BCUT2D eigenvalue weighted by molar-refractivity contribution is -0.139. The zero-order chi connectivity index (χ0) is 18.1. The van der Waals surface area contributed by atoms with Gasteiger partial charge in [0.1, 0.15) is 5.78 Å². The lowest BCUT2D eigenvalue weighted by Gasteiger charge is -2.02. The van der Waals surface area contributed by atoms with Crippen LogP contribution in [0.4, 0.5) is 0 Å². The average Bonchev–Trinajstić information content (AvgIpc) is 2.61. The predicted octanol–water partition coefficient (Wildman–Crippen LogP) is 3.52. The van der Waals surface area contributed by atoms with Crippen molar-refractivity contribution < 1.29 is 14.3 Å². The topological polar surface area (TPSA) is 43.4 Å². The predicted molar refractivity (Wildman–Crippen MR) is 98.2 cm³/mol. The number of aryl methyl sites for hydroxylation is 1. The van der Waals surface area contributed by atoms with E-state index in [9.17, 15) is 9.59 Å². The summed E-state index contributed by atoms with van der Waals surface area (Å²) >= 11 is 0. The van der Waals surface area contributed by atoms with Gasteiger partial charge in [0.15, 0.2) is 0 Å². The smallest absolute Gasteiger partial charge is 0.309 e. The molecule has 0 saturated carbocycles. The molecule has 0 spiro atoms. The summed E-state index contributed by atoms with van der Waals surface area (Å²) in [6.07, 6.45) is 2.41. The Kier molecular flexibility index (Phi) is 6.98. The van der Waals surface area contributed by atoms with Crippen LogP contribution < -0.4 is 0 Å². The third-order valence-electron chi connectivity index (χ3n) is 3.78. The summed E-state index contributed by atoms with van der Waals surface area (Å²) in [4.78, 5) is 22.3. The summed E-state index contributed by atoms with van der Waals surface area (Å²) in [6.45, 7) is 1.59. The van der Waals surface area contributed by atoms with Crippen LogP contribution in [-0.4, -0.2) is 18.9 Å². The first-order valence-electron chi connectivity index (χ1n) is 8.28. The van der Waals surface area contributed by atoms with E-state index in [4.69, 9.17) is 0 Å². The molecule has 3 heteroatoms. The van der Waals surface area contributed by atoms with Crippen molar-refractivity contribution in [1.82, 2.24) is 0 Å². The van der Waals surface area contributed by atoms with Crippen LogP contribution in [0.3, 0.4) is 0 Å². The molecule has 0 aliphatic heterocycles. The quantitative estimate of drug-likeness (QED) is 0.600. The third-order valence-corrected chi connectivity index (χ3v) is 3.78. The number of ether oxygens (including phenoxy) is 1. The van der Waals surface area contributed by atoms with Crippen LogP contribution >= 0.6 is 0 Å². The molecule has 128 valence electrons. The van der Waals surface area contributed by atoms with Crippen molar-refractivity contribution in [2.75, 3.05) is 7.11 Å². The second-order valence-corrected chi connectivity index (χ2v) is 5.95. The van der Waals surface area contributed by atoms with Gasteiger partial charge in [-0.15, -0.1) is 0 Å². The van der Waals surface area contributed by atoms with Crippen LogP contribution in [0.2, 0.25) is 0 Å². The Hall–Kier alpha value is -2.86. The summed E-state index contributed by atoms with van der Waals surface area (Å²) in [6, 6.07) is 15.8. The first kappa shape index (κ1) is 18.5. The number of carbonyl (C=O) groups excluding carboxylic acids is 2. The maximum Gasteiger partial charge on any atom is 0.309 e. The largest absolute Gasteiger partial charge is 0.469 e. The Labute approximate surface area is 149 Å². The van der Waals surface area contributed by atoms with Gasteiger partial charge in [0.2, 0.25) is 0 Å². The fraction of sp³-hybridized carbons (Fsp3) is 0.273. The molecule has 0 aliphatic carbocycles. The van der Waals surface area contributed by atoms with Crippen molar-refractivity contribution in [2.24, 2.45) is 0 Å². The summed E-state index contributed by atoms with van der Waals surface area (Å²) in [5.41, 5.74) is 4.12. The molecule has 25 heavy (non-hydrogen) atoms. The molecule has 0 heterocycles. The maximum absolute atomic E-state index is 11.2. The average molecular weight is 334 g/mol. The van der Waals surface area contributed by atoms with E-state index in [1.54, 1.807) is 6.92 Å². The van der Waals surface area contributed by atoms with Gasteiger partial charge in [-0.05, 0) is 42.2 Å². The molecular formula is C22H22O3. The zero-order valence-electron chi connectivity index (χ0n) is 14.7. The summed E-state index contributed by atoms with van der Waals surface area (Å²) in [5, 5.41) is 0. The van der Waals surface area contributed by atoms with Gasteiger partial charge in [-0.2, -0.15) is 0 Å². The molecule has 0 aliphatic rings. The molecular weight excluding hydrogens is 312 g/mol. The third kappa shape index (κ3) is 6.64. The fourth-order valence-corrected chi connectivity index (χ4v) is 2.43. The van der Waals surface area contributed by atoms with Gasteiger partial charge >= 0.3 is 5.97 Å². The Morgan fingerprint density at radius 3 is 2.04 bits per heavy atom. The molecule has 0 saturated heterocycles. The van der Waals surface area contributed by atoms with Crippen molar-refractivity contribution in [2.45, 2.75) is 32.6 Å². The molecule has 0 unspecified atom stereocenters. The van der Waals surface area contributed by atoms with Crippen LogP contribution in [0.5, 0.6) is 0 Å². The summed E-state index contributed by atoms with van der Waals surface area (Å²) in [7, 11) is 1.40. The number of rotatable bonds is 6. The van der Waals surface area contributed by atoms with Crippen LogP contribution in [0.15, 0.2) is 48.5 Å². The lowest BCUT2D eigenvalue weighted by Crippen LogP contribution is -2.04. The zero-order valence-corrected chi connectivity index (χ0v) is 14.7. The van der Waals surface area contributed by atoms with Crippen LogP contribution in [0.1, 0.15) is 35.6 Å². The Morgan fingerprint density at radius 1 is 0.880 bits per heavy atom. The number of hydrogen-bond donors (Lipinski definition) is 0. The van der Waals surface area contributed by atoms with Gasteiger partial charge in [0, 0.05) is 18.4 Å². The van der Waals surface area contributed by atoms with Crippen molar-refractivity contribution in [3.63, 3.8) is 0 Å². The van der Waals surface area contributed by atoms with E-state index in [0.29, 0.717) is 12.8 Å². The van der Waals surface area contributed by atoms with Gasteiger partial charge in [-0.3, -0.25) is 9.59 Å². The summed E-state index contributed by atoms with van der Waals surface area (Å²) in [5.74, 6) is 6.25. The minimum Gasteiger partial charge on any atom is -0.469 e. The van der Waals surface area contributed by atoms with Crippen LogP contribution in [0.25, 0.3) is 0 Å². The Morgan fingerprint density at radius 2 is 1.44 bits per heavy atom. The van der Waals surface area contributed by atoms with Gasteiger partial charge in [0.05, 0.1) is 13.5 Å². The van der Waals surface area contributed by atoms with E-state index >= 15 is 0 Å². The van der Waals surface area contributed by atoms with E-state index in [1.165, 1.54) is 12.7 Å². The monoisotopic (exact) mass is 334 g/mol. The number of esters is 1. The number of methoxy groups -OCH3 is 1. The first-order valence-corrected chi connectivity index (χ1v) is 8.28. The second kappa shape index (κ2) is 9.44. The van der Waals surface area contributed by atoms with E-state index < -0.39 is 0 Å². The Bertz CT molecular complexity index is 775. The molecule has 2 aromatic carbocycles. The highest BCUT2D eigenvalue weighted by Gasteiger charge is 2.02. The summed E-state index contributed by atoms with van der Waals surface area (Å²) < 4.78 is 4.66. The van der Waals surface area contributed by atoms with Gasteiger partial charge < -0.3 is 4.74 Å². The fourth-order valence-electron chi connectivity index (χ4n) is 2.43. The standard InChI is InChI=1S/C22H22O3/c1-17(23)15-20-11-7-18(8-12-20)5-3-4-6-19-9-13-21(14-10-19)16-22(24)25-2/h7-14H,4,6,15-16H2,1-2H3. The van der Waals surface area contributed by atoms with Gasteiger partial charge in [-0.1, -0.05) is 48.2 Å². The number of ketones is 1. The molecule has 0 aromatic heterocycles. The Balaban J connectivity index is 1.83. The van der Waals surface area contributed by atoms with E-state index in [-0.39, 0.29) is 11.8 Å². The number of hydrogen-bond acceptors (Lipinski definition) is 3. The number of benzene rings is 2. The highest BCUT2D eigenvalue weighted by atomic mass is 16.5. The van der Waals surface area contributed by atoms with E-state index in [1.807, 2.05) is 48.5 Å². The molecule has 0 radical (unpaired) electrons. The highest BCUT2D eigenvalue weighted by Crippen LogP contribution is 2.08. The molecule has 0 fully saturated rings. The van der Waals surface area contributed by atoms with Crippen molar-refractivity contribution in [1.29, 1.82) is 0 Å². The minimum absolute atomic E-state index is 0.163. The van der Waals surface area contributed by atoms with Crippen LogP contribution in [-0.2, 0) is 33.6 Å². The SMILES string of the molecule is COC(=O)Cc1ccc(CCC#Cc2ccc(CC(C)=O)cc2)cc1. The molecule has 0 amide bonds. The van der Waals surface area contributed by atoms with E-state index in [0.717, 1.165) is 29.5 Å². The molecule has 3 nitrogen and oxygen atoms in total. The molecule has 2 aromatic rings. The molecule has 0 bridgehead atoms. The minimum atomic E-state index is -0.229. The van der Waals surface area contributed by atoms with Crippen molar-refractivity contribution in [3.8, 4) is 11.8 Å². The van der Waals surface area contributed by atoms with Gasteiger partial charge in [0.25, 0.3) is 0 Å². The van der Waals surface area contributed by atoms with Crippen molar-refractivity contribution >= 4 is 11.8 Å². The van der Waals surface area contributed by atoms with Crippen LogP contribution in [0, 0.1) is 11.8 Å². The number of carbonyl (C=O) groups is 2. The second-order valence-electron chi connectivity index (χ2n) is 5.95. The van der Waals surface area contributed by atoms with Crippen molar-refractivity contribution in [3.05, 3.63) is 70.8 Å². The molecule has 2 rings (SSSR count). The molecule has 0 atom stereocenters. The maximum atomic E-state index is 11.2. The number of Topliss-reactive ketones (excluding diaryl/α,β-unsaturated/α-hetero) is 1. The van der Waals surface area contributed by atoms with Gasteiger partial charge in [-0.25, -0.2) is 0 Å². The lowest BCUT2D eigenvalue weighted by atomic mass is 10.1. The van der Waals surface area contributed by atoms with E-state index in [2.05, 4.69) is 16.6 Å². The highest BCUT2D eigenvalue weighted by molar-refractivity contribution is 5.78. The normalized spacial score (nSPS) is 9.84. The molecule has 0 N–H and O–H groups in total.